The van der Waals surface area contributed by atoms with Crippen LogP contribution in [0.15, 0.2) is 18.2 Å². The normalized spacial score (nSPS) is 20.7. The van der Waals surface area contributed by atoms with E-state index in [-0.39, 0.29) is 17.6 Å². The van der Waals surface area contributed by atoms with Gasteiger partial charge in [-0.15, -0.1) is 0 Å². The van der Waals surface area contributed by atoms with Crippen LogP contribution >= 0.6 is 11.6 Å². The molecule has 2 heterocycles. The van der Waals surface area contributed by atoms with Crippen LogP contribution in [-0.2, 0) is 11.3 Å². The molecule has 0 spiro atoms. The van der Waals surface area contributed by atoms with E-state index >= 15 is 0 Å². The Bertz CT molecular complexity index is 535. The van der Waals surface area contributed by atoms with Gasteiger partial charge in [-0.1, -0.05) is 17.7 Å². The molecular weight excluding hydrogens is 317 g/mol. The minimum atomic E-state index is -0.259. The van der Waals surface area contributed by atoms with E-state index in [4.69, 9.17) is 11.6 Å². The van der Waals surface area contributed by atoms with Crippen molar-refractivity contribution in [3.63, 3.8) is 0 Å². The number of rotatable bonds is 3. The van der Waals surface area contributed by atoms with Crippen LogP contribution in [0, 0.1) is 11.7 Å². The van der Waals surface area contributed by atoms with Crippen LogP contribution in [0.5, 0.6) is 0 Å². The summed E-state index contributed by atoms with van der Waals surface area (Å²) < 4.78 is 13.9. The van der Waals surface area contributed by atoms with Crippen molar-refractivity contribution in [2.45, 2.75) is 19.4 Å². The largest absolute Gasteiger partial charge is 0.340 e. The van der Waals surface area contributed by atoms with E-state index in [9.17, 15) is 9.18 Å². The van der Waals surface area contributed by atoms with Gasteiger partial charge in [0, 0.05) is 49.2 Å². The maximum atomic E-state index is 13.9. The smallest absolute Gasteiger partial charge is 0.225 e. The fraction of sp³-hybridized carbons (Fsp3) is 0.588. The minimum absolute atomic E-state index is 0.170. The summed E-state index contributed by atoms with van der Waals surface area (Å²) in [4.78, 5) is 16.7. The van der Waals surface area contributed by atoms with Gasteiger partial charge in [0.2, 0.25) is 5.91 Å². The first-order chi connectivity index (χ1) is 11.1. The number of piperidine rings is 1. The molecule has 1 aromatic rings. The molecule has 0 aliphatic carbocycles. The van der Waals surface area contributed by atoms with Crippen molar-refractivity contribution in [1.82, 2.24) is 15.1 Å². The highest BCUT2D eigenvalue weighted by Crippen LogP contribution is 2.22. The summed E-state index contributed by atoms with van der Waals surface area (Å²) in [5.74, 6) is 0.199. The molecule has 0 aromatic heterocycles. The van der Waals surface area contributed by atoms with Crippen LogP contribution in [0.25, 0.3) is 0 Å². The van der Waals surface area contributed by atoms with Crippen molar-refractivity contribution in [2.24, 2.45) is 5.92 Å². The Morgan fingerprint density at radius 3 is 2.57 bits per heavy atom. The Morgan fingerprint density at radius 1 is 1.22 bits per heavy atom. The Labute approximate surface area is 141 Å². The zero-order valence-electron chi connectivity index (χ0n) is 13.2. The Hall–Kier alpha value is -1.17. The topological polar surface area (TPSA) is 35.6 Å². The highest BCUT2D eigenvalue weighted by molar-refractivity contribution is 6.31. The Kier molecular flexibility index (Phi) is 5.51. The fourth-order valence-electron chi connectivity index (χ4n) is 3.36. The van der Waals surface area contributed by atoms with Gasteiger partial charge >= 0.3 is 0 Å². The predicted molar refractivity (Wildman–Crippen MR) is 88.9 cm³/mol. The molecule has 6 heteroatoms. The molecule has 23 heavy (non-hydrogen) atoms. The van der Waals surface area contributed by atoms with Gasteiger partial charge in [0.15, 0.2) is 0 Å². The molecule has 0 atom stereocenters. The second-order valence-corrected chi connectivity index (χ2v) is 6.73. The quantitative estimate of drug-likeness (QED) is 0.916. The highest BCUT2D eigenvalue weighted by atomic mass is 35.5. The van der Waals surface area contributed by atoms with Crippen LogP contribution in [0.2, 0.25) is 5.02 Å². The van der Waals surface area contributed by atoms with Crippen molar-refractivity contribution in [2.75, 3.05) is 39.3 Å². The number of piperazine rings is 1. The molecule has 2 aliphatic heterocycles. The molecule has 1 N–H and O–H groups in total. The van der Waals surface area contributed by atoms with Crippen molar-refractivity contribution < 1.29 is 9.18 Å². The van der Waals surface area contributed by atoms with Gasteiger partial charge in [-0.3, -0.25) is 9.69 Å². The molecular formula is C17H23ClFN3O. The molecule has 4 nitrogen and oxygen atoms in total. The molecule has 0 saturated carbocycles. The van der Waals surface area contributed by atoms with Gasteiger partial charge in [0.1, 0.15) is 5.82 Å². The molecule has 0 radical (unpaired) electrons. The van der Waals surface area contributed by atoms with E-state index in [0.29, 0.717) is 17.1 Å². The van der Waals surface area contributed by atoms with Gasteiger partial charge in [-0.25, -0.2) is 4.39 Å². The van der Waals surface area contributed by atoms with Crippen LogP contribution < -0.4 is 5.32 Å². The summed E-state index contributed by atoms with van der Waals surface area (Å²) in [5, 5.41) is 3.76. The van der Waals surface area contributed by atoms with Gasteiger partial charge < -0.3 is 10.2 Å². The maximum absolute atomic E-state index is 13.9. The van der Waals surface area contributed by atoms with Crippen LogP contribution in [0.4, 0.5) is 4.39 Å². The molecule has 0 unspecified atom stereocenters. The summed E-state index contributed by atoms with van der Waals surface area (Å²) in [6, 6.07) is 4.78. The lowest BCUT2D eigenvalue weighted by atomic mass is 9.96. The second-order valence-electron chi connectivity index (χ2n) is 6.33. The first-order valence-corrected chi connectivity index (χ1v) is 8.67. The van der Waals surface area contributed by atoms with Crippen LogP contribution in [-0.4, -0.2) is 55.0 Å². The van der Waals surface area contributed by atoms with Gasteiger partial charge in [0.25, 0.3) is 0 Å². The van der Waals surface area contributed by atoms with E-state index in [1.165, 1.54) is 6.07 Å². The highest BCUT2D eigenvalue weighted by Gasteiger charge is 2.28. The minimum Gasteiger partial charge on any atom is -0.340 e. The summed E-state index contributed by atoms with van der Waals surface area (Å²) in [6.07, 6.45) is 1.87. The summed E-state index contributed by atoms with van der Waals surface area (Å²) in [5.41, 5.74) is 0.548. The standard InChI is InChI=1S/C17H23ClFN3O/c18-15-2-1-3-16(19)14(15)12-21-8-10-22(11-9-21)17(23)13-4-6-20-7-5-13/h1-3,13,20H,4-12H2. The molecule has 3 rings (SSSR count). The molecule has 2 fully saturated rings. The molecule has 126 valence electrons. The van der Waals surface area contributed by atoms with Gasteiger partial charge in [-0.2, -0.15) is 0 Å². The fourth-order valence-corrected chi connectivity index (χ4v) is 3.58. The SMILES string of the molecule is O=C(C1CCNCC1)N1CCN(Cc2c(F)cccc2Cl)CC1. The number of nitrogens with one attached hydrogen (secondary N) is 1. The monoisotopic (exact) mass is 339 g/mol. The van der Waals surface area contributed by atoms with Crippen molar-refractivity contribution >= 4 is 17.5 Å². The van der Waals surface area contributed by atoms with Crippen molar-refractivity contribution in [3.05, 3.63) is 34.6 Å². The second kappa shape index (κ2) is 7.60. The van der Waals surface area contributed by atoms with E-state index in [0.717, 1.165) is 52.1 Å². The number of halogens is 2. The van der Waals surface area contributed by atoms with Crippen molar-refractivity contribution in [3.8, 4) is 0 Å². The molecule has 0 bridgehead atoms. The molecule has 1 aromatic carbocycles. The first kappa shape index (κ1) is 16.7. The summed E-state index contributed by atoms with van der Waals surface area (Å²) in [7, 11) is 0. The predicted octanol–water partition coefficient (Wildman–Crippen LogP) is 2.12. The average Bonchev–Trinajstić information content (AvgIpc) is 2.59. The first-order valence-electron chi connectivity index (χ1n) is 8.30. The Balaban J connectivity index is 1.53. The van der Waals surface area contributed by atoms with Crippen LogP contribution in [0.3, 0.4) is 0 Å². The van der Waals surface area contributed by atoms with E-state index in [2.05, 4.69) is 10.2 Å². The lowest BCUT2D eigenvalue weighted by molar-refractivity contribution is -0.138. The van der Waals surface area contributed by atoms with Crippen LogP contribution in [0.1, 0.15) is 18.4 Å². The summed E-state index contributed by atoms with van der Waals surface area (Å²) in [6.45, 7) is 5.33. The van der Waals surface area contributed by atoms with E-state index in [1.54, 1.807) is 12.1 Å². The third-order valence-corrected chi connectivity index (χ3v) is 5.17. The maximum Gasteiger partial charge on any atom is 0.225 e. The molecule has 1 amide bonds. The number of hydrogen-bond donors (Lipinski definition) is 1. The number of benzene rings is 1. The zero-order valence-corrected chi connectivity index (χ0v) is 14.0. The van der Waals surface area contributed by atoms with Crippen molar-refractivity contribution in [1.29, 1.82) is 0 Å². The lowest BCUT2D eigenvalue weighted by Gasteiger charge is -2.37. The lowest BCUT2D eigenvalue weighted by Crippen LogP contribution is -2.51. The average molecular weight is 340 g/mol. The number of hydrogen-bond acceptors (Lipinski definition) is 3. The molecule has 2 saturated heterocycles. The zero-order chi connectivity index (χ0) is 16.2. The van der Waals surface area contributed by atoms with E-state index < -0.39 is 0 Å². The third-order valence-electron chi connectivity index (χ3n) is 4.82. The molecule has 2 aliphatic rings. The number of carbonyl (C=O) groups is 1. The van der Waals surface area contributed by atoms with Gasteiger partial charge in [-0.05, 0) is 38.1 Å². The third kappa shape index (κ3) is 4.03. The number of carbonyl (C=O) groups excluding carboxylic acids is 1. The van der Waals surface area contributed by atoms with E-state index in [1.807, 2.05) is 4.90 Å². The summed E-state index contributed by atoms with van der Waals surface area (Å²) >= 11 is 6.09. The van der Waals surface area contributed by atoms with Gasteiger partial charge in [0.05, 0.1) is 0 Å². The Morgan fingerprint density at radius 2 is 1.91 bits per heavy atom. The number of amides is 1. The number of nitrogens with zero attached hydrogens (tertiary/aromatic N) is 2.